The summed E-state index contributed by atoms with van der Waals surface area (Å²) in [5, 5.41) is 15.7. The zero-order valence-electron chi connectivity index (χ0n) is 20.3. The van der Waals surface area contributed by atoms with Crippen LogP contribution < -0.4 is 15.0 Å². The molecule has 1 fully saturated rings. The van der Waals surface area contributed by atoms with E-state index in [-0.39, 0.29) is 18.4 Å². The van der Waals surface area contributed by atoms with E-state index in [0.717, 1.165) is 49.5 Å². The van der Waals surface area contributed by atoms with Gasteiger partial charge in [-0.2, -0.15) is 4.98 Å². The molecule has 8 nitrogen and oxygen atoms in total. The molecule has 1 aromatic heterocycles. The molecule has 1 aliphatic heterocycles. The molecule has 33 heavy (non-hydrogen) atoms. The van der Waals surface area contributed by atoms with E-state index in [2.05, 4.69) is 41.1 Å². The maximum Gasteiger partial charge on any atom is 0.324 e. The van der Waals surface area contributed by atoms with Gasteiger partial charge < -0.3 is 24.6 Å². The summed E-state index contributed by atoms with van der Waals surface area (Å²) >= 11 is 0. The minimum Gasteiger partial charge on any atom is -0.494 e. The topological polar surface area (TPSA) is 101 Å². The van der Waals surface area contributed by atoms with Crippen molar-refractivity contribution in [3.8, 4) is 5.75 Å². The van der Waals surface area contributed by atoms with E-state index < -0.39 is 0 Å². The summed E-state index contributed by atoms with van der Waals surface area (Å²) in [7, 11) is 0. The van der Waals surface area contributed by atoms with E-state index in [1.54, 1.807) is 6.07 Å². The third-order valence-corrected chi connectivity index (χ3v) is 6.47. The fraction of sp³-hybridized carbons (Fsp3) is 0.640. The molecule has 2 aromatic rings. The standard InChI is InChI=1S/C25H38N4O4/c1-17(2)23-27-25(33-28-23)29-12-8-20(9-13-29)18(3)10-15-32-21-6-7-22(19(4)16-21)24(31)26-11-5-14-30/h6-7,16-18,20,30H,5,8-15H2,1-4H3,(H,26,31)/t18-/m1/s1. The number of aromatic nitrogens is 2. The van der Waals surface area contributed by atoms with Crippen molar-refractivity contribution in [1.29, 1.82) is 0 Å². The molecule has 1 aromatic carbocycles. The lowest BCUT2D eigenvalue weighted by molar-refractivity contribution is 0.0950. The summed E-state index contributed by atoms with van der Waals surface area (Å²) in [4.78, 5) is 18.9. The number of hydrogen-bond donors (Lipinski definition) is 2. The number of amides is 1. The Labute approximate surface area is 196 Å². The molecule has 3 rings (SSSR count). The first kappa shape index (κ1) is 25.0. The Balaban J connectivity index is 1.41. The van der Waals surface area contributed by atoms with Crippen LogP contribution in [0.2, 0.25) is 0 Å². The van der Waals surface area contributed by atoms with Gasteiger partial charge in [-0.05, 0) is 68.2 Å². The van der Waals surface area contributed by atoms with Crippen LogP contribution in [0.5, 0.6) is 5.75 Å². The molecule has 1 amide bonds. The average molecular weight is 459 g/mol. The van der Waals surface area contributed by atoms with Crippen molar-refractivity contribution in [2.75, 3.05) is 37.7 Å². The molecule has 1 atom stereocenters. The lowest BCUT2D eigenvalue weighted by Gasteiger charge is -2.33. The molecule has 8 heteroatoms. The molecule has 0 aliphatic carbocycles. The average Bonchev–Trinajstić information content (AvgIpc) is 3.30. The first-order valence-corrected chi connectivity index (χ1v) is 12.1. The molecule has 1 aliphatic rings. The summed E-state index contributed by atoms with van der Waals surface area (Å²) < 4.78 is 11.4. The Hall–Kier alpha value is -2.61. The maximum absolute atomic E-state index is 12.2. The highest BCUT2D eigenvalue weighted by atomic mass is 16.5. The number of aliphatic hydroxyl groups is 1. The van der Waals surface area contributed by atoms with Gasteiger partial charge in [-0.15, -0.1) is 0 Å². The predicted octanol–water partition coefficient (Wildman–Crippen LogP) is 3.94. The number of rotatable bonds is 11. The summed E-state index contributed by atoms with van der Waals surface area (Å²) in [5.74, 6) is 2.94. The van der Waals surface area contributed by atoms with Crippen molar-refractivity contribution < 1.29 is 19.2 Å². The number of hydrogen-bond acceptors (Lipinski definition) is 7. The lowest BCUT2D eigenvalue weighted by Crippen LogP contribution is -2.36. The predicted molar refractivity (Wildman–Crippen MR) is 128 cm³/mol. The van der Waals surface area contributed by atoms with Crippen molar-refractivity contribution in [1.82, 2.24) is 15.5 Å². The highest BCUT2D eigenvalue weighted by molar-refractivity contribution is 5.95. The number of anilines is 1. The van der Waals surface area contributed by atoms with Gasteiger partial charge in [-0.3, -0.25) is 4.79 Å². The number of nitrogens with one attached hydrogen (secondary N) is 1. The summed E-state index contributed by atoms with van der Waals surface area (Å²) in [6.07, 6.45) is 3.77. The smallest absolute Gasteiger partial charge is 0.324 e. The van der Waals surface area contributed by atoms with Gasteiger partial charge in [0.2, 0.25) is 0 Å². The van der Waals surface area contributed by atoms with E-state index in [1.807, 2.05) is 19.1 Å². The largest absolute Gasteiger partial charge is 0.494 e. The highest BCUT2D eigenvalue weighted by Crippen LogP contribution is 2.30. The van der Waals surface area contributed by atoms with Crippen molar-refractivity contribution in [2.45, 2.75) is 59.3 Å². The van der Waals surface area contributed by atoms with Crippen LogP contribution in [-0.2, 0) is 0 Å². The zero-order valence-corrected chi connectivity index (χ0v) is 20.3. The molecular formula is C25H38N4O4. The number of carbonyl (C=O) groups is 1. The third-order valence-electron chi connectivity index (χ3n) is 6.47. The van der Waals surface area contributed by atoms with Gasteiger partial charge in [-0.1, -0.05) is 25.9 Å². The molecule has 0 radical (unpaired) electrons. The van der Waals surface area contributed by atoms with Crippen molar-refractivity contribution in [2.24, 2.45) is 11.8 Å². The van der Waals surface area contributed by atoms with Crippen LogP contribution in [0.1, 0.15) is 74.1 Å². The van der Waals surface area contributed by atoms with E-state index >= 15 is 0 Å². The summed E-state index contributed by atoms with van der Waals surface area (Å²) in [6, 6.07) is 6.22. The Kier molecular flexibility index (Phi) is 9.11. The van der Waals surface area contributed by atoms with Gasteiger partial charge in [0, 0.05) is 37.7 Å². The van der Waals surface area contributed by atoms with E-state index in [9.17, 15) is 4.79 Å². The SMILES string of the molecule is Cc1cc(OCC[C@@H](C)C2CCN(c3nc(C(C)C)no3)CC2)ccc1C(=O)NCCCO. The van der Waals surface area contributed by atoms with Crippen LogP contribution in [0.15, 0.2) is 22.7 Å². The summed E-state index contributed by atoms with van der Waals surface area (Å²) in [5.41, 5.74) is 1.53. The van der Waals surface area contributed by atoms with Crippen molar-refractivity contribution >= 4 is 11.9 Å². The first-order valence-electron chi connectivity index (χ1n) is 12.1. The van der Waals surface area contributed by atoms with Gasteiger partial charge in [0.25, 0.3) is 5.91 Å². The highest BCUT2D eigenvalue weighted by Gasteiger charge is 2.26. The minimum atomic E-state index is -0.117. The second-order valence-corrected chi connectivity index (χ2v) is 9.34. The fourth-order valence-corrected chi connectivity index (χ4v) is 4.20. The second-order valence-electron chi connectivity index (χ2n) is 9.34. The number of piperidine rings is 1. The van der Waals surface area contributed by atoms with Crippen LogP contribution in [0.25, 0.3) is 0 Å². The Morgan fingerprint density at radius 3 is 2.70 bits per heavy atom. The number of ether oxygens (including phenoxy) is 1. The van der Waals surface area contributed by atoms with Crippen molar-refractivity contribution in [3.63, 3.8) is 0 Å². The fourth-order valence-electron chi connectivity index (χ4n) is 4.20. The van der Waals surface area contributed by atoms with E-state index in [0.29, 0.717) is 43.0 Å². The minimum absolute atomic E-state index is 0.0708. The first-order chi connectivity index (χ1) is 15.9. The van der Waals surface area contributed by atoms with E-state index in [4.69, 9.17) is 14.4 Å². The Morgan fingerprint density at radius 2 is 2.06 bits per heavy atom. The molecular weight excluding hydrogens is 420 g/mol. The van der Waals surface area contributed by atoms with Gasteiger partial charge >= 0.3 is 6.01 Å². The van der Waals surface area contributed by atoms with Crippen LogP contribution in [-0.4, -0.2) is 54.0 Å². The van der Waals surface area contributed by atoms with Gasteiger partial charge in [-0.25, -0.2) is 0 Å². The van der Waals surface area contributed by atoms with Crippen LogP contribution >= 0.6 is 0 Å². The number of benzene rings is 1. The van der Waals surface area contributed by atoms with E-state index in [1.165, 1.54) is 0 Å². The molecule has 0 spiro atoms. The Morgan fingerprint density at radius 1 is 1.30 bits per heavy atom. The zero-order chi connectivity index (χ0) is 23.8. The summed E-state index contributed by atoms with van der Waals surface area (Å²) in [6.45, 7) is 11.4. The van der Waals surface area contributed by atoms with Gasteiger partial charge in [0.15, 0.2) is 5.82 Å². The van der Waals surface area contributed by atoms with Crippen LogP contribution in [0.3, 0.4) is 0 Å². The molecule has 0 unspecified atom stereocenters. The van der Waals surface area contributed by atoms with Crippen LogP contribution in [0.4, 0.5) is 6.01 Å². The molecule has 0 bridgehead atoms. The molecule has 182 valence electrons. The molecule has 1 saturated heterocycles. The lowest BCUT2D eigenvalue weighted by atomic mass is 9.84. The number of aliphatic hydroxyl groups excluding tert-OH is 1. The van der Waals surface area contributed by atoms with Gasteiger partial charge in [0.05, 0.1) is 6.61 Å². The maximum atomic E-state index is 12.2. The number of nitrogens with zero attached hydrogens (tertiary/aromatic N) is 3. The van der Waals surface area contributed by atoms with Crippen LogP contribution in [0, 0.1) is 18.8 Å². The Bertz CT molecular complexity index is 890. The molecule has 0 saturated carbocycles. The van der Waals surface area contributed by atoms with Crippen molar-refractivity contribution in [3.05, 3.63) is 35.2 Å². The second kappa shape index (κ2) is 12.0. The molecule has 2 N–H and O–H groups in total. The third kappa shape index (κ3) is 6.93. The monoisotopic (exact) mass is 458 g/mol. The number of aryl methyl sites for hydroxylation is 1. The van der Waals surface area contributed by atoms with Gasteiger partial charge in [0.1, 0.15) is 5.75 Å². The quantitative estimate of drug-likeness (QED) is 0.492. The normalized spacial score (nSPS) is 15.6. The molecule has 2 heterocycles. The number of carbonyl (C=O) groups excluding carboxylic acids is 1.